The molecule has 0 aliphatic heterocycles. The van der Waals surface area contributed by atoms with E-state index < -0.39 is 21.6 Å². The molecular formula is C25H20ClFN2O6S2. The zero-order valence-electron chi connectivity index (χ0n) is 19.5. The molecule has 12 heteroatoms. The molecule has 0 spiro atoms. The summed E-state index contributed by atoms with van der Waals surface area (Å²) in [6, 6.07) is 15.7. The second-order valence-corrected chi connectivity index (χ2v) is 10.7. The Morgan fingerprint density at radius 2 is 1.76 bits per heavy atom. The van der Waals surface area contributed by atoms with E-state index >= 15 is 0 Å². The Labute approximate surface area is 221 Å². The van der Waals surface area contributed by atoms with E-state index in [4.69, 9.17) is 25.5 Å². The number of halogens is 2. The van der Waals surface area contributed by atoms with Gasteiger partial charge in [-0.1, -0.05) is 23.4 Å². The molecule has 1 aromatic heterocycles. The second-order valence-electron chi connectivity index (χ2n) is 7.48. The number of carbonyl (C=O) groups excluding carboxylic acids is 1. The van der Waals surface area contributed by atoms with Gasteiger partial charge in [-0.25, -0.2) is 12.8 Å². The highest BCUT2D eigenvalue weighted by molar-refractivity contribution is 8.00. The molecule has 0 unspecified atom stereocenters. The summed E-state index contributed by atoms with van der Waals surface area (Å²) in [7, 11) is -1.16. The van der Waals surface area contributed by atoms with Crippen molar-refractivity contribution in [1.82, 2.24) is 4.98 Å². The molecule has 0 saturated heterocycles. The molecule has 0 bridgehead atoms. The average molecular weight is 563 g/mol. The van der Waals surface area contributed by atoms with Gasteiger partial charge in [-0.3, -0.25) is 4.79 Å². The number of benzene rings is 3. The fraction of sp³-hybridized carbons (Fsp3) is 0.120. The van der Waals surface area contributed by atoms with Crippen molar-refractivity contribution >= 4 is 44.8 Å². The Kier molecular flexibility index (Phi) is 8.06. The summed E-state index contributed by atoms with van der Waals surface area (Å²) in [5, 5.41) is 2.62. The van der Waals surface area contributed by atoms with Crippen molar-refractivity contribution in [2.24, 2.45) is 0 Å². The molecule has 4 aromatic rings. The molecule has 0 aliphatic rings. The highest BCUT2D eigenvalue weighted by Crippen LogP contribution is 2.36. The number of thioether (sulfide) groups is 1. The van der Waals surface area contributed by atoms with Crippen LogP contribution in [0.5, 0.6) is 11.5 Å². The number of sulfone groups is 1. The summed E-state index contributed by atoms with van der Waals surface area (Å²) in [5.74, 6) is -0.200. The number of anilines is 1. The van der Waals surface area contributed by atoms with Gasteiger partial charge in [0.05, 0.1) is 30.6 Å². The van der Waals surface area contributed by atoms with E-state index in [1.54, 1.807) is 18.2 Å². The van der Waals surface area contributed by atoms with Gasteiger partial charge >= 0.3 is 0 Å². The lowest BCUT2D eigenvalue weighted by atomic mass is 10.2. The van der Waals surface area contributed by atoms with Crippen molar-refractivity contribution < 1.29 is 31.5 Å². The molecule has 0 fully saturated rings. The van der Waals surface area contributed by atoms with Gasteiger partial charge in [-0.2, -0.15) is 4.98 Å². The number of carbonyl (C=O) groups is 1. The monoisotopic (exact) mass is 562 g/mol. The molecule has 0 atom stereocenters. The van der Waals surface area contributed by atoms with E-state index in [0.717, 1.165) is 11.8 Å². The molecule has 4 rings (SSSR count). The van der Waals surface area contributed by atoms with Crippen LogP contribution in [-0.4, -0.2) is 39.3 Å². The minimum absolute atomic E-state index is 0.0349. The highest BCUT2D eigenvalue weighted by Gasteiger charge is 2.29. The van der Waals surface area contributed by atoms with Gasteiger partial charge < -0.3 is 19.2 Å². The van der Waals surface area contributed by atoms with E-state index in [2.05, 4.69) is 10.3 Å². The predicted octanol–water partition coefficient (Wildman–Crippen LogP) is 5.71. The van der Waals surface area contributed by atoms with Gasteiger partial charge in [-0.15, -0.1) is 0 Å². The van der Waals surface area contributed by atoms with E-state index in [1.165, 1.54) is 62.8 Å². The highest BCUT2D eigenvalue weighted by atomic mass is 35.5. The number of ether oxygens (including phenoxy) is 2. The van der Waals surface area contributed by atoms with E-state index in [1.807, 2.05) is 0 Å². The van der Waals surface area contributed by atoms with Crippen LogP contribution in [0.2, 0.25) is 5.02 Å². The van der Waals surface area contributed by atoms with Crippen molar-refractivity contribution in [3.05, 3.63) is 77.6 Å². The summed E-state index contributed by atoms with van der Waals surface area (Å²) in [4.78, 5) is 16.8. The molecule has 0 radical (unpaired) electrons. The predicted molar refractivity (Wildman–Crippen MR) is 138 cm³/mol. The molecule has 0 saturated carbocycles. The molecule has 1 amide bonds. The molecule has 1 heterocycles. The van der Waals surface area contributed by atoms with Crippen LogP contribution < -0.4 is 14.8 Å². The Balaban J connectivity index is 1.62. The van der Waals surface area contributed by atoms with Crippen LogP contribution in [0.3, 0.4) is 0 Å². The number of hydrogen-bond acceptors (Lipinski definition) is 8. The summed E-state index contributed by atoms with van der Waals surface area (Å²) in [6.45, 7) is 0. The van der Waals surface area contributed by atoms with Crippen LogP contribution in [0.25, 0.3) is 11.5 Å². The van der Waals surface area contributed by atoms with Crippen LogP contribution in [0.4, 0.5) is 10.1 Å². The molecule has 1 N–H and O–H groups in total. The fourth-order valence-corrected chi connectivity index (χ4v) is 5.67. The lowest BCUT2D eigenvalue weighted by Gasteiger charge is -2.11. The maximum atomic E-state index is 13.4. The maximum absolute atomic E-state index is 13.4. The van der Waals surface area contributed by atoms with Crippen molar-refractivity contribution in [2.75, 3.05) is 25.3 Å². The molecule has 3 aromatic carbocycles. The van der Waals surface area contributed by atoms with Crippen molar-refractivity contribution in [1.29, 1.82) is 0 Å². The number of nitrogens with zero attached hydrogens (tertiary/aromatic N) is 1. The standard InChI is InChI=1S/C25H20ClFN2O6S2/c1-33-18-9-12-20(21(13-18)34-2)28-22(30)14-36-25-24(37(31,32)19-10-5-16(26)6-11-19)29-23(35-25)15-3-7-17(27)8-4-15/h3-13H,14H2,1-2H3,(H,28,30). The molecule has 8 nitrogen and oxygen atoms in total. The first-order valence-corrected chi connectivity index (χ1v) is 13.5. The summed E-state index contributed by atoms with van der Waals surface area (Å²) in [5.41, 5.74) is 0.778. The number of rotatable bonds is 9. The third-order valence-corrected chi connectivity index (χ3v) is 8.06. The zero-order chi connectivity index (χ0) is 26.6. The van der Waals surface area contributed by atoms with Crippen LogP contribution >= 0.6 is 23.4 Å². The Hall–Kier alpha value is -3.54. The molecule has 192 valence electrons. The summed E-state index contributed by atoms with van der Waals surface area (Å²) in [6.07, 6.45) is 0. The number of nitrogens with one attached hydrogen (secondary N) is 1. The molecule has 0 aliphatic carbocycles. The summed E-state index contributed by atoms with van der Waals surface area (Å²) >= 11 is 6.75. The SMILES string of the molecule is COc1ccc(NC(=O)CSc2oc(-c3ccc(F)cc3)nc2S(=O)(=O)c2ccc(Cl)cc2)c(OC)c1. The number of amides is 1. The zero-order valence-corrected chi connectivity index (χ0v) is 21.9. The molecular weight excluding hydrogens is 543 g/mol. The van der Waals surface area contributed by atoms with Gasteiger partial charge in [-0.05, 0) is 60.7 Å². The second kappa shape index (κ2) is 11.2. The fourth-order valence-electron chi connectivity index (χ4n) is 3.21. The van der Waals surface area contributed by atoms with Crippen molar-refractivity contribution in [3.63, 3.8) is 0 Å². The number of methoxy groups -OCH3 is 2. The van der Waals surface area contributed by atoms with E-state index in [0.29, 0.717) is 27.8 Å². The lowest BCUT2D eigenvalue weighted by molar-refractivity contribution is -0.113. The Bertz CT molecular complexity index is 1520. The topological polar surface area (TPSA) is 108 Å². The van der Waals surface area contributed by atoms with Gasteiger partial charge in [0.15, 0.2) is 0 Å². The van der Waals surface area contributed by atoms with Gasteiger partial charge in [0.2, 0.25) is 31.8 Å². The number of hydrogen-bond donors (Lipinski definition) is 1. The first-order chi connectivity index (χ1) is 17.7. The van der Waals surface area contributed by atoms with Crippen LogP contribution in [0.15, 0.2) is 86.2 Å². The lowest BCUT2D eigenvalue weighted by Crippen LogP contribution is -2.15. The van der Waals surface area contributed by atoms with Gasteiger partial charge in [0.25, 0.3) is 0 Å². The quantitative estimate of drug-likeness (QED) is 0.258. The normalized spacial score (nSPS) is 11.2. The van der Waals surface area contributed by atoms with Gasteiger partial charge in [0.1, 0.15) is 17.3 Å². The minimum atomic E-state index is -4.13. The number of aromatic nitrogens is 1. The van der Waals surface area contributed by atoms with Gasteiger partial charge in [0, 0.05) is 16.7 Å². The van der Waals surface area contributed by atoms with Crippen molar-refractivity contribution in [3.8, 4) is 23.0 Å². The Morgan fingerprint density at radius 1 is 1.05 bits per heavy atom. The Morgan fingerprint density at radius 3 is 2.41 bits per heavy atom. The first kappa shape index (κ1) is 26.5. The van der Waals surface area contributed by atoms with E-state index in [-0.39, 0.29) is 26.7 Å². The average Bonchev–Trinajstić information content (AvgIpc) is 3.33. The van der Waals surface area contributed by atoms with Crippen molar-refractivity contribution in [2.45, 2.75) is 15.0 Å². The number of oxazole rings is 1. The smallest absolute Gasteiger partial charge is 0.234 e. The third kappa shape index (κ3) is 6.07. The van der Waals surface area contributed by atoms with E-state index in [9.17, 15) is 17.6 Å². The summed E-state index contributed by atoms with van der Waals surface area (Å²) < 4.78 is 56.3. The largest absolute Gasteiger partial charge is 0.497 e. The minimum Gasteiger partial charge on any atom is -0.497 e. The maximum Gasteiger partial charge on any atom is 0.234 e. The van der Waals surface area contributed by atoms with Crippen LogP contribution in [0.1, 0.15) is 0 Å². The first-order valence-electron chi connectivity index (χ1n) is 10.6. The van der Waals surface area contributed by atoms with Crippen LogP contribution in [0, 0.1) is 5.82 Å². The molecule has 37 heavy (non-hydrogen) atoms. The third-order valence-electron chi connectivity index (χ3n) is 5.05. The van der Waals surface area contributed by atoms with Crippen LogP contribution in [-0.2, 0) is 14.6 Å².